The molecule has 0 saturated carbocycles. The van der Waals surface area contributed by atoms with E-state index in [0.717, 1.165) is 221 Å². The molecule has 134 heavy (non-hydrogen) atoms. The average Bonchev–Trinajstić information content (AvgIpc) is 1.57. The predicted molar refractivity (Wildman–Crippen MR) is 553 cm³/mol. The minimum atomic E-state index is 0.915. The van der Waals surface area contributed by atoms with Crippen molar-refractivity contribution in [1.29, 1.82) is 0 Å². The summed E-state index contributed by atoms with van der Waals surface area (Å²) in [4.78, 5) is 19.8. The minimum Gasteiger partial charge on any atom is -0.455 e. The van der Waals surface area contributed by atoms with Crippen molar-refractivity contribution >= 4 is 207 Å². The number of hydrogen-bond acceptors (Lipinski definition) is 7. The zero-order valence-electron chi connectivity index (χ0n) is 71.9. The molecule has 624 valence electrons. The first-order chi connectivity index (χ1) is 66.4. The Hall–Kier alpha value is -18.3. The van der Waals surface area contributed by atoms with E-state index in [0.29, 0.717) is 0 Å². The monoisotopic (exact) mass is 1710 g/mol. The van der Waals surface area contributed by atoms with Gasteiger partial charge in [0.05, 0.1) is 88.1 Å². The summed E-state index contributed by atoms with van der Waals surface area (Å²) in [6.07, 6.45) is 1.83. The molecule has 30 rings (SSSR count). The van der Waals surface area contributed by atoms with Crippen molar-refractivity contribution in [2.24, 2.45) is 0 Å². The Morgan fingerprint density at radius 2 is 0.530 bits per heavy atom. The molecule has 0 aliphatic rings. The summed E-state index contributed by atoms with van der Waals surface area (Å²) in [5, 5.41) is 23.1. The zero-order chi connectivity index (χ0) is 87.7. The number of fused-ring (bicyclic) bond motifs is 29. The maximum atomic E-state index is 6.49. The molecule has 0 amide bonds. The van der Waals surface area contributed by atoms with Crippen LogP contribution >= 0.6 is 0 Å². The van der Waals surface area contributed by atoms with Crippen molar-refractivity contribution in [1.82, 2.24) is 42.8 Å². The number of benzene rings is 20. The summed E-state index contributed by atoms with van der Waals surface area (Å²) in [7, 11) is 0. The molecule has 0 unspecified atom stereocenters. The van der Waals surface area contributed by atoms with Gasteiger partial charge in [-0.15, -0.1) is 0 Å². The summed E-state index contributed by atoms with van der Waals surface area (Å²) >= 11 is 0. The SMILES string of the molecule is c1ccc(-c2nc3ccccc3n2-c2ccc3cc(-n4c5ccccc5c5c6oc7ccccc7c6ccc54)ccc3c2)cc1.c1ccc(-n2c(-c3ccc4cc(-n5c6ccccc6c6c7oc8ccccc8c7ccc65)ccc4c3)nc3ccccc32)cc1.c1cnc2c(c1)ccc1ccc(-c3ccc4cc(-n5c6ccccc6c6c7oc8ccccc8c7ccc65)ccc4c3)nc12. The van der Waals surface area contributed by atoms with Crippen LogP contribution in [0.15, 0.2) is 456 Å². The number of nitrogens with zero attached hydrogens (tertiary/aromatic N) is 9. The number of para-hydroxylation sites is 11. The van der Waals surface area contributed by atoms with Crippen LogP contribution < -0.4 is 0 Å². The Labute approximate surface area is 763 Å². The lowest BCUT2D eigenvalue weighted by atomic mass is 10.0. The molecule has 30 aromatic rings. The number of aromatic nitrogens is 9. The van der Waals surface area contributed by atoms with Gasteiger partial charge >= 0.3 is 0 Å². The van der Waals surface area contributed by atoms with Gasteiger partial charge < -0.3 is 27.0 Å². The lowest BCUT2D eigenvalue weighted by molar-refractivity contribution is 0.672. The molecule has 0 radical (unpaired) electrons. The van der Waals surface area contributed by atoms with E-state index in [2.05, 4.69) is 398 Å². The lowest BCUT2D eigenvalue weighted by Gasteiger charge is -2.13. The second kappa shape index (κ2) is 29.7. The number of furan rings is 3. The van der Waals surface area contributed by atoms with E-state index in [4.69, 9.17) is 28.2 Å². The van der Waals surface area contributed by atoms with Crippen molar-refractivity contribution in [2.45, 2.75) is 0 Å². The molecule has 20 aromatic carbocycles. The van der Waals surface area contributed by atoms with Gasteiger partial charge in [0.25, 0.3) is 0 Å². The van der Waals surface area contributed by atoms with Crippen LogP contribution in [-0.4, -0.2) is 42.8 Å². The second-order valence-electron chi connectivity index (χ2n) is 34.7. The standard InChI is InChI=1S/2C41H25N3O.C40H23N3O/c1-2-10-26(11-3-1)41-42-34-14-6-8-16-36(34)44(41)30-21-19-27-24-29(20-18-28(27)25-30)43-35-15-7-4-13-33(35)39-37(43)23-22-32-31-12-5-9-17-38(31)45-40(32)39;1-2-10-29(11-3-1)44-36-16-8-6-14-34(36)42-41(44)28-19-18-27-25-30(21-20-26(27)24-28)43-35-15-7-4-13-33(35)39-37(43)23-22-32-31-12-5-9-17-38(31)45-40(32)39;1-3-9-34-32(8-1)37-35(20-18-31-30-7-2-4-10-36(30)44-40(31)37)43(34)29-17-15-26-22-28(14-13-27(26)23-29)33-19-16-25-12-11-24-6-5-21-41-38(24)39(25)42-33/h2*1-25H;1-23H. The number of rotatable bonds is 8. The number of imidazole rings is 2. The first-order valence-electron chi connectivity index (χ1n) is 45.3. The largest absolute Gasteiger partial charge is 0.455 e. The van der Waals surface area contributed by atoms with Crippen LogP contribution in [0.5, 0.6) is 0 Å². The molecule has 0 atom stereocenters. The molecule has 12 nitrogen and oxygen atoms in total. The molecule has 10 aromatic heterocycles. The van der Waals surface area contributed by atoms with E-state index < -0.39 is 0 Å². The third kappa shape index (κ3) is 11.7. The fraction of sp³-hybridized carbons (Fsp3) is 0. The summed E-state index contributed by atoms with van der Waals surface area (Å²) in [6.45, 7) is 0. The Morgan fingerprint density at radius 1 is 0.187 bits per heavy atom. The molecule has 0 saturated heterocycles. The van der Waals surface area contributed by atoms with E-state index in [1.165, 1.54) is 48.5 Å². The third-order valence-electron chi connectivity index (χ3n) is 27.2. The van der Waals surface area contributed by atoms with Crippen LogP contribution in [0.3, 0.4) is 0 Å². The normalized spacial score (nSPS) is 12.0. The van der Waals surface area contributed by atoms with Crippen molar-refractivity contribution in [2.75, 3.05) is 0 Å². The lowest BCUT2D eigenvalue weighted by Crippen LogP contribution is -1.98. The van der Waals surface area contributed by atoms with Gasteiger partial charge in [-0.25, -0.2) is 15.0 Å². The van der Waals surface area contributed by atoms with E-state index in [9.17, 15) is 0 Å². The highest BCUT2D eigenvalue weighted by atomic mass is 16.3. The topological polar surface area (TPSA) is 116 Å². The molecule has 0 aliphatic heterocycles. The van der Waals surface area contributed by atoms with Gasteiger partial charge in [-0.3, -0.25) is 14.1 Å². The van der Waals surface area contributed by atoms with E-state index in [1.54, 1.807) is 0 Å². The van der Waals surface area contributed by atoms with Gasteiger partial charge in [0, 0.05) is 111 Å². The van der Waals surface area contributed by atoms with Crippen molar-refractivity contribution in [3.8, 4) is 62.5 Å². The molecule has 0 aliphatic carbocycles. The fourth-order valence-corrected chi connectivity index (χ4v) is 21.1. The maximum Gasteiger partial charge on any atom is 0.145 e. The second-order valence-corrected chi connectivity index (χ2v) is 34.7. The first kappa shape index (κ1) is 74.8. The molecular formula is C122H73N9O3. The van der Waals surface area contributed by atoms with E-state index in [-0.39, 0.29) is 0 Å². The van der Waals surface area contributed by atoms with Gasteiger partial charge in [-0.1, -0.05) is 255 Å². The molecule has 0 N–H and O–H groups in total. The highest BCUT2D eigenvalue weighted by molar-refractivity contribution is 6.27. The van der Waals surface area contributed by atoms with Crippen molar-refractivity contribution in [3.05, 3.63) is 443 Å². The average molecular weight is 1710 g/mol. The Kier molecular flexibility index (Phi) is 16.5. The Bertz CT molecular complexity index is 10100. The van der Waals surface area contributed by atoms with E-state index >= 15 is 0 Å². The molecule has 10 heterocycles. The van der Waals surface area contributed by atoms with Gasteiger partial charge in [-0.05, 0) is 214 Å². The molecular weight excluding hydrogens is 1640 g/mol. The van der Waals surface area contributed by atoms with Gasteiger partial charge in [0.2, 0.25) is 0 Å². The summed E-state index contributed by atoms with van der Waals surface area (Å²) < 4.78 is 31.1. The van der Waals surface area contributed by atoms with Gasteiger partial charge in [-0.2, -0.15) is 0 Å². The highest BCUT2D eigenvalue weighted by Gasteiger charge is 2.26. The molecule has 12 heteroatoms. The Morgan fingerprint density at radius 3 is 1.00 bits per heavy atom. The smallest absolute Gasteiger partial charge is 0.145 e. The molecule has 0 bridgehead atoms. The van der Waals surface area contributed by atoms with Crippen LogP contribution in [-0.2, 0) is 0 Å². The van der Waals surface area contributed by atoms with Crippen molar-refractivity contribution < 1.29 is 13.3 Å². The van der Waals surface area contributed by atoms with E-state index in [1.807, 2.05) is 72.9 Å². The molecule has 0 fully saturated rings. The van der Waals surface area contributed by atoms with Gasteiger partial charge in [0.1, 0.15) is 45.1 Å². The highest BCUT2D eigenvalue weighted by Crippen LogP contribution is 2.47. The summed E-state index contributed by atoms with van der Waals surface area (Å²) in [6, 6.07) is 154. The van der Waals surface area contributed by atoms with Crippen LogP contribution in [0.25, 0.3) is 270 Å². The first-order valence-corrected chi connectivity index (χ1v) is 45.3. The third-order valence-corrected chi connectivity index (χ3v) is 27.2. The fourth-order valence-electron chi connectivity index (χ4n) is 21.1. The summed E-state index contributed by atoms with van der Waals surface area (Å²) in [5.74, 6) is 1.88. The van der Waals surface area contributed by atoms with Crippen LogP contribution in [0, 0.1) is 0 Å². The zero-order valence-corrected chi connectivity index (χ0v) is 71.9. The summed E-state index contributed by atoms with van der Waals surface area (Å²) in [5.41, 5.74) is 28.2. The van der Waals surface area contributed by atoms with Crippen molar-refractivity contribution in [3.63, 3.8) is 0 Å². The van der Waals surface area contributed by atoms with Crippen LogP contribution in [0.2, 0.25) is 0 Å². The van der Waals surface area contributed by atoms with Crippen LogP contribution in [0.4, 0.5) is 0 Å². The number of pyridine rings is 2. The predicted octanol–water partition coefficient (Wildman–Crippen LogP) is 32.3. The quantitative estimate of drug-likeness (QED) is 0.139. The maximum absolute atomic E-state index is 6.49. The van der Waals surface area contributed by atoms with Crippen LogP contribution in [0.1, 0.15) is 0 Å². The van der Waals surface area contributed by atoms with Gasteiger partial charge in [0.15, 0.2) is 0 Å². The minimum absolute atomic E-state index is 0.915. The molecule has 0 spiro atoms. The Balaban J connectivity index is 0.000000100. The number of hydrogen-bond donors (Lipinski definition) is 0.